The molecule has 0 saturated carbocycles. The first-order chi connectivity index (χ1) is 9.72. The van der Waals surface area contributed by atoms with Gasteiger partial charge in [-0.2, -0.15) is 11.8 Å². The predicted molar refractivity (Wildman–Crippen MR) is 83.0 cm³/mol. The predicted octanol–water partition coefficient (Wildman–Crippen LogP) is 1.92. The minimum absolute atomic E-state index is 0.0829. The normalized spacial score (nSPS) is 15.2. The standard InChI is InChI=1S/C16H19NO2S/c1-13-5-6-15(12-14(13)4-2-9-18)16(19)17-7-3-10-20-11-8-17/h5-6,12,18H,3,7-11H2,1H3. The average Bonchev–Trinajstić information content (AvgIpc) is 2.75. The summed E-state index contributed by atoms with van der Waals surface area (Å²) in [4.78, 5) is 14.4. The molecule has 1 saturated heterocycles. The molecule has 0 radical (unpaired) electrons. The van der Waals surface area contributed by atoms with Gasteiger partial charge in [-0.3, -0.25) is 4.79 Å². The van der Waals surface area contributed by atoms with Crippen molar-refractivity contribution < 1.29 is 9.90 Å². The third-order valence-corrected chi connectivity index (χ3v) is 4.34. The molecule has 0 spiro atoms. The molecule has 0 unspecified atom stereocenters. The van der Waals surface area contributed by atoms with E-state index in [9.17, 15) is 4.79 Å². The van der Waals surface area contributed by atoms with Crippen molar-refractivity contribution in [2.24, 2.45) is 0 Å². The van der Waals surface area contributed by atoms with Crippen LogP contribution in [0.3, 0.4) is 0 Å². The second-order valence-electron chi connectivity index (χ2n) is 4.75. The number of benzene rings is 1. The molecule has 1 aromatic carbocycles. The van der Waals surface area contributed by atoms with Crippen LogP contribution in [0.25, 0.3) is 0 Å². The highest BCUT2D eigenvalue weighted by Crippen LogP contribution is 2.16. The van der Waals surface area contributed by atoms with E-state index < -0.39 is 0 Å². The number of rotatable bonds is 1. The maximum Gasteiger partial charge on any atom is 0.253 e. The molecule has 1 fully saturated rings. The van der Waals surface area contributed by atoms with Crippen LogP contribution in [0.2, 0.25) is 0 Å². The lowest BCUT2D eigenvalue weighted by Crippen LogP contribution is -2.32. The number of aryl methyl sites for hydroxylation is 1. The van der Waals surface area contributed by atoms with Gasteiger partial charge in [0.25, 0.3) is 5.91 Å². The molecule has 1 heterocycles. The van der Waals surface area contributed by atoms with Crippen molar-refractivity contribution in [2.75, 3.05) is 31.2 Å². The Bertz CT molecular complexity index is 537. The number of carbonyl (C=O) groups is 1. The zero-order valence-corrected chi connectivity index (χ0v) is 12.5. The summed E-state index contributed by atoms with van der Waals surface area (Å²) < 4.78 is 0. The van der Waals surface area contributed by atoms with Crippen LogP contribution in [-0.4, -0.2) is 47.1 Å². The molecule has 1 aromatic rings. The fourth-order valence-electron chi connectivity index (χ4n) is 2.16. The van der Waals surface area contributed by atoms with Crippen molar-refractivity contribution >= 4 is 17.7 Å². The summed E-state index contributed by atoms with van der Waals surface area (Å²) >= 11 is 1.90. The lowest BCUT2D eigenvalue weighted by Gasteiger charge is -2.20. The Morgan fingerprint density at radius 2 is 2.25 bits per heavy atom. The molecule has 20 heavy (non-hydrogen) atoms. The van der Waals surface area contributed by atoms with Crippen LogP contribution in [0.5, 0.6) is 0 Å². The van der Waals surface area contributed by atoms with Gasteiger partial charge >= 0.3 is 0 Å². The number of thioether (sulfide) groups is 1. The van der Waals surface area contributed by atoms with Gasteiger partial charge in [-0.15, -0.1) is 0 Å². The van der Waals surface area contributed by atoms with Gasteiger partial charge in [0.05, 0.1) is 0 Å². The van der Waals surface area contributed by atoms with E-state index in [-0.39, 0.29) is 12.5 Å². The summed E-state index contributed by atoms with van der Waals surface area (Å²) in [6.07, 6.45) is 1.06. The van der Waals surface area contributed by atoms with E-state index in [4.69, 9.17) is 5.11 Å². The Morgan fingerprint density at radius 3 is 3.05 bits per heavy atom. The molecule has 1 N–H and O–H groups in total. The molecule has 0 aliphatic carbocycles. The highest BCUT2D eigenvalue weighted by Gasteiger charge is 2.17. The van der Waals surface area contributed by atoms with Crippen LogP contribution in [0.4, 0.5) is 0 Å². The van der Waals surface area contributed by atoms with Crippen LogP contribution in [0.1, 0.15) is 27.9 Å². The van der Waals surface area contributed by atoms with Gasteiger partial charge < -0.3 is 10.0 Å². The average molecular weight is 289 g/mol. The number of carbonyl (C=O) groups excluding carboxylic acids is 1. The summed E-state index contributed by atoms with van der Waals surface area (Å²) in [5.74, 6) is 7.76. The summed E-state index contributed by atoms with van der Waals surface area (Å²) in [7, 11) is 0. The lowest BCUT2D eigenvalue weighted by molar-refractivity contribution is 0.0768. The van der Waals surface area contributed by atoms with Gasteiger partial charge in [0.2, 0.25) is 0 Å². The third kappa shape index (κ3) is 3.78. The van der Waals surface area contributed by atoms with Crippen LogP contribution >= 0.6 is 11.8 Å². The molecule has 1 aliphatic heterocycles. The van der Waals surface area contributed by atoms with Crippen molar-refractivity contribution in [1.82, 2.24) is 4.90 Å². The second kappa shape index (κ2) is 7.37. The fraction of sp³-hybridized carbons (Fsp3) is 0.438. The van der Waals surface area contributed by atoms with E-state index in [0.717, 1.165) is 42.1 Å². The zero-order valence-electron chi connectivity index (χ0n) is 11.7. The van der Waals surface area contributed by atoms with Crippen molar-refractivity contribution in [2.45, 2.75) is 13.3 Å². The van der Waals surface area contributed by atoms with Gasteiger partial charge in [0, 0.05) is 30.0 Å². The Hall–Kier alpha value is -1.44. The number of aliphatic hydroxyl groups excluding tert-OH is 1. The van der Waals surface area contributed by atoms with E-state index in [0.29, 0.717) is 5.56 Å². The fourth-order valence-corrected chi connectivity index (χ4v) is 3.04. The van der Waals surface area contributed by atoms with Crippen molar-refractivity contribution in [1.29, 1.82) is 0 Å². The Morgan fingerprint density at radius 1 is 1.40 bits per heavy atom. The van der Waals surface area contributed by atoms with E-state index in [1.54, 1.807) is 0 Å². The molecule has 0 aromatic heterocycles. The Labute approximate surface area is 124 Å². The number of hydrogen-bond donors (Lipinski definition) is 1. The monoisotopic (exact) mass is 289 g/mol. The van der Waals surface area contributed by atoms with Crippen LogP contribution < -0.4 is 0 Å². The van der Waals surface area contributed by atoms with Crippen LogP contribution in [-0.2, 0) is 0 Å². The highest BCUT2D eigenvalue weighted by atomic mass is 32.2. The maximum atomic E-state index is 12.5. The smallest absolute Gasteiger partial charge is 0.253 e. The second-order valence-corrected chi connectivity index (χ2v) is 5.97. The van der Waals surface area contributed by atoms with Crippen molar-refractivity contribution in [3.63, 3.8) is 0 Å². The van der Waals surface area contributed by atoms with E-state index in [2.05, 4.69) is 11.8 Å². The first kappa shape index (κ1) is 15.0. The summed E-state index contributed by atoms with van der Waals surface area (Å²) in [5, 5.41) is 8.78. The number of hydrogen-bond acceptors (Lipinski definition) is 3. The van der Waals surface area contributed by atoms with Crippen molar-refractivity contribution in [3.05, 3.63) is 34.9 Å². The first-order valence-corrected chi connectivity index (χ1v) is 7.95. The minimum atomic E-state index is -0.166. The highest BCUT2D eigenvalue weighted by molar-refractivity contribution is 7.99. The SMILES string of the molecule is Cc1ccc(C(=O)N2CCCSCC2)cc1C#CCO. The summed E-state index contributed by atoms with van der Waals surface area (Å²) in [6, 6.07) is 5.61. The Balaban J connectivity index is 2.21. The molecule has 0 bridgehead atoms. The number of aliphatic hydroxyl groups is 1. The topological polar surface area (TPSA) is 40.5 Å². The van der Waals surface area contributed by atoms with Gasteiger partial charge in [0.1, 0.15) is 6.61 Å². The molecule has 106 valence electrons. The molecule has 3 nitrogen and oxygen atoms in total. The third-order valence-electron chi connectivity index (χ3n) is 3.30. The lowest BCUT2D eigenvalue weighted by atomic mass is 10.0. The zero-order chi connectivity index (χ0) is 14.4. The van der Waals surface area contributed by atoms with Crippen LogP contribution in [0, 0.1) is 18.8 Å². The minimum Gasteiger partial charge on any atom is -0.384 e. The van der Waals surface area contributed by atoms with Gasteiger partial charge in [-0.1, -0.05) is 17.9 Å². The summed E-state index contributed by atoms with van der Waals surface area (Å²) in [6.45, 7) is 3.44. The summed E-state index contributed by atoms with van der Waals surface area (Å²) in [5.41, 5.74) is 2.52. The quantitative estimate of drug-likeness (QED) is 0.803. The van der Waals surface area contributed by atoms with Gasteiger partial charge in [0.15, 0.2) is 0 Å². The van der Waals surface area contributed by atoms with E-state index in [1.165, 1.54) is 0 Å². The number of amides is 1. The molecule has 0 atom stereocenters. The molecule has 1 aliphatic rings. The van der Waals surface area contributed by atoms with Crippen LogP contribution in [0.15, 0.2) is 18.2 Å². The van der Waals surface area contributed by atoms with Gasteiger partial charge in [-0.25, -0.2) is 0 Å². The van der Waals surface area contributed by atoms with Crippen molar-refractivity contribution in [3.8, 4) is 11.8 Å². The molecule has 2 rings (SSSR count). The van der Waals surface area contributed by atoms with Gasteiger partial charge in [-0.05, 0) is 36.8 Å². The van der Waals surface area contributed by atoms with E-state index in [1.807, 2.05) is 41.8 Å². The Kier molecular flexibility index (Phi) is 5.51. The number of nitrogens with zero attached hydrogens (tertiary/aromatic N) is 1. The molecule has 4 heteroatoms. The molecular weight excluding hydrogens is 270 g/mol. The largest absolute Gasteiger partial charge is 0.384 e. The maximum absolute atomic E-state index is 12.5. The first-order valence-electron chi connectivity index (χ1n) is 6.80. The molecule has 1 amide bonds. The van der Waals surface area contributed by atoms with E-state index >= 15 is 0 Å². The molecular formula is C16H19NO2S.